The smallest absolute Gasteiger partial charge is 0.269 e. The third-order valence-corrected chi connectivity index (χ3v) is 2.82. The molecule has 122 valence electrons. The molecule has 9 nitrogen and oxygen atoms in total. The zero-order chi connectivity index (χ0) is 17.5. The van der Waals surface area contributed by atoms with E-state index in [0.29, 0.717) is 16.9 Å². The first-order valence-electron chi connectivity index (χ1n) is 6.53. The van der Waals surface area contributed by atoms with Crippen molar-refractivity contribution in [1.29, 1.82) is 0 Å². The first-order valence-corrected chi connectivity index (χ1v) is 6.94. The summed E-state index contributed by atoms with van der Waals surface area (Å²) >= 11 is 4.61. The highest BCUT2D eigenvalue weighted by Crippen LogP contribution is 2.25. The molecule has 0 spiro atoms. The Balaban J connectivity index is 2.15. The van der Waals surface area contributed by atoms with Crippen LogP contribution in [0.5, 0.6) is 5.75 Å². The molecule has 0 fully saturated rings. The summed E-state index contributed by atoms with van der Waals surface area (Å²) < 4.78 is 0. The molecule has 0 radical (unpaired) electrons. The monoisotopic (exact) mass is 344 g/mol. The molecule has 0 aromatic heterocycles. The number of hydrogen-bond donors (Lipinski definition) is 3. The fraction of sp³-hybridized carbons (Fsp3) is 0. The number of benzene rings is 2. The molecule has 24 heavy (non-hydrogen) atoms. The van der Waals surface area contributed by atoms with Crippen molar-refractivity contribution >= 4 is 40.6 Å². The van der Waals surface area contributed by atoms with E-state index < -0.39 is 4.92 Å². The number of nitro benzene ring substituents is 1. The van der Waals surface area contributed by atoms with Gasteiger partial charge in [-0.25, -0.2) is 0 Å². The highest BCUT2D eigenvalue weighted by Gasteiger charge is 2.04. The number of nitrogens with one attached hydrogen (secondary N) is 1. The second-order valence-electron chi connectivity index (χ2n) is 4.45. The first-order chi connectivity index (χ1) is 11.5. The molecular weight excluding hydrogens is 332 g/mol. The lowest BCUT2D eigenvalue weighted by molar-refractivity contribution is -0.384. The number of azo groups is 1. The van der Waals surface area contributed by atoms with Crippen molar-refractivity contribution in [2.75, 3.05) is 0 Å². The average molecular weight is 344 g/mol. The Morgan fingerprint density at radius 3 is 2.46 bits per heavy atom. The van der Waals surface area contributed by atoms with E-state index >= 15 is 0 Å². The highest BCUT2D eigenvalue weighted by molar-refractivity contribution is 7.80. The van der Waals surface area contributed by atoms with Crippen molar-refractivity contribution in [2.45, 2.75) is 0 Å². The lowest BCUT2D eigenvalue weighted by Gasteiger charge is -2.00. The molecule has 0 aliphatic rings. The van der Waals surface area contributed by atoms with Gasteiger partial charge >= 0.3 is 0 Å². The van der Waals surface area contributed by atoms with Gasteiger partial charge in [0.25, 0.3) is 5.69 Å². The van der Waals surface area contributed by atoms with E-state index in [9.17, 15) is 15.2 Å². The molecular formula is C14H12N6O3S. The van der Waals surface area contributed by atoms with Crippen molar-refractivity contribution in [1.82, 2.24) is 5.43 Å². The van der Waals surface area contributed by atoms with E-state index in [0.717, 1.165) is 0 Å². The van der Waals surface area contributed by atoms with Gasteiger partial charge in [0.1, 0.15) is 5.75 Å². The predicted octanol–water partition coefficient (Wildman–Crippen LogP) is 2.88. The Hall–Kier alpha value is -3.40. The lowest BCUT2D eigenvalue weighted by atomic mass is 10.2. The van der Waals surface area contributed by atoms with Crippen molar-refractivity contribution < 1.29 is 10.0 Å². The van der Waals surface area contributed by atoms with Gasteiger partial charge in [0.2, 0.25) is 0 Å². The topological polar surface area (TPSA) is 138 Å². The van der Waals surface area contributed by atoms with E-state index in [4.69, 9.17) is 5.73 Å². The van der Waals surface area contributed by atoms with Gasteiger partial charge in [-0.05, 0) is 42.5 Å². The van der Waals surface area contributed by atoms with Crippen molar-refractivity contribution in [3.63, 3.8) is 0 Å². The molecule has 10 heteroatoms. The van der Waals surface area contributed by atoms with Crippen LogP contribution >= 0.6 is 12.2 Å². The summed E-state index contributed by atoms with van der Waals surface area (Å²) in [6, 6.07) is 10.2. The zero-order valence-electron chi connectivity index (χ0n) is 12.2. The number of rotatable bonds is 5. The Labute approximate surface area is 141 Å². The van der Waals surface area contributed by atoms with Crippen LogP contribution in [0, 0.1) is 10.1 Å². The van der Waals surface area contributed by atoms with Gasteiger partial charge in [-0.15, -0.1) is 0 Å². The maximum atomic E-state index is 10.6. The number of aromatic hydroxyl groups is 1. The maximum Gasteiger partial charge on any atom is 0.269 e. The summed E-state index contributed by atoms with van der Waals surface area (Å²) in [4.78, 5) is 10.1. The fourth-order valence-corrected chi connectivity index (χ4v) is 1.68. The van der Waals surface area contributed by atoms with Gasteiger partial charge in [0.15, 0.2) is 5.11 Å². The first kappa shape index (κ1) is 17.0. The third-order valence-electron chi connectivity index (χ3n) is 2.73. The van der Waals surface area contributed by atoms with Crippen LogP contribution in [0.15, 0.2) is 57.8 Å². The summed E-state index contributed by atoms with van der Waals surface area (Å²) in [7, 11) is 0. The number of nitrogens with two attached hydrogens (primary N) is 1. The van der Waals surface area contributed by atoms with Gasteiger partial charge in [-0.3, -0.25) is 15.5 Å². The van der Waals surface area contributed by atoms with Crippen molar-refractivity contribution in [3.8, 4) is 5.75 Å². The number of nitrogens with zero attached hydrogens (tertiary/aromatic N) is 4. The summed E-state index contributed by atoms with van der Waals surface area (Å²) in [6.07, 6.45) is 1.33. The molecule has 0 saturated carbocycles. The van der Waals surface area contributed by atoms with Gasteiger partial charge < -0.3 is 10.8 Å². The predicted molar refractivity (Wildman–Crippen MR) is 92.9 cm³/mol. The third kappa shape index (κ3) is 4.81. The molecule has 0 aliphatic heterocycles. The Morgan fingerprint density at radius 2 is 1.83 bits per heavy atom. The molecule has 0 amide bonds. The summed E-state index contributed by atoms with van der Waals surface area (Å²) in [5, 5.41) is 32.1. The molecule has 4 N–H and O–H groups in total. The minimum Gasteiger partial charge on any atom is -0.507 e. The summed E-state index contributed by atoms with van der Waals surface area (Å²) in [5.41, 5.74) is 8.89. The van der Waals surface area contributed by atoms with E-state index in [1.807, 2.05) is 0 Å². The molecule has 2 rings (SSSR count). The number of phenolic OH excluding ortho intramolecular Hbond substituents is 1. The number of phenols is 1. The highest BCUT2D eigenvalue weighted by atomic mass is 32.1. The van der Waals surface area contributed by atoms with Crippen LogP contribution in [0.25, 0.3) is 0 Å². The quantitative estimate of drug-likeness (QED) is 0.250. The van der Waals surface area contributed by atoms with Crippen LogP contribution in [0.4, 0.5) is 17.1 Å². The molecule has 0 atom stereocenters. The Morgan fingerprint density at radius 1 is 1.21 bits per heavy atom. The zero-order valence-corrected chi connectivity index (χ0v) is 13.0. The number of hydrogen-bond acceptors (Lipinski definition) is 7. The van der Waals surface area contributed by atoms with Crippen LogP contribution in [0.3, 0.4) is 0 Å². The van der Waals surface area contributed by atoms with Gasteiger partial charge in [0.05, 0.1) is 22.5 Å². The van der Waals surface area contributed by atoms with Crippen LogP contribution < -0.4 is 11.2 Å². The van der Waals surface area contributed by atoms with E-state index in [-0.39, 0.29) is 16.5 Å². The van der Waals surface area contributed by atoms with Crippen molar-refractivity contribution in [3.05, 3.63) is 58.1 Å². The Kier molecular flexibility index (Phi) is 5.47. The minimum absolute atomic E-state index is 0.000229. The second-order valence-corrected chi connectivity index (χ2v) is 4.89. The van der Waals surface area contributed by atoms with Gasteiger partial charge in [-0.1, -0.05) is 0 Å². The maximum absolute atomic E-state index is 10.6. The van der Waals surface area contributed by atoms with Crippen LogP contribution in [0.2, 0.25) is 0 Å². The van der Waals surface area contributed by atoms with Crippen LogP contribution in [-0.2, 0) is 0 Å². The number of thiocarbonyl (C=S) groups is 1. The number of non-ortho nitro benzene ring substituents is 1. The molecule has 2 aromatic rings. The molecule has 2 aromatic carbocycles. The SMILES string of the molecule is NC(=S)N/N=C/c1cc(N=Nc2ccc([N+](=O)[O-])cc2)ccc1O. The van der Waals surface area contributed by atoms with E-state index in [1.165, 1.54) is 36.5 Å². The molecule has 0 bridgehead atoms. The van der Waals surface area contributed by atoms with Crippen LogP contribution in [0.1, 0.15) is 5.56 Å². The van der Waals surface area contributed by atoms with E-state index in [2.05, 4.69) is 33.0 Å². The number of nitro groups is 1. The second kappa shape index (κ2) is 7.74. The molecule has 0 saturated heterocycles. The molecule has 0 unspecified atom stereocenters. The Bertz CT molecular complexity index is 820. The number of hydrazone groups is 1. The minimum atomic E-state index is -0.492. The van der Waals surface area contributed by atoms with Crippen molar-refractivity contribution in [2.24, 2.45) is 21.1 Å². The van der Waals surface area contributed by atoms with Gasteiger partial charge in [-0.2, -0.15) is 15.3 Å². The van der Waals surface area contributed by atoms with E-state index in [1.54, 1.807) is 12.1 Å². The fourth-order valence-electron chi connectivity index (χ4n) is 1.63. The standard InChI is InChI=1S/C14H12N6O3S/c15-14(24)19-16-8-9-7-11(3-6-13(9)21)18-17-10-1-4-12(5-2-10)20(22)23/h1-8,21H,(H3,15,19,24)/b16-8+,18-17?. The van der Waals surface area contributed by atoms with Gasteiger partial charge in [0, 0.05) is 17.7 Å². The molecule has 0 heterocycles. The average Bonchev–Trinajstić information content (AvgIpc) is 2.55. The summed E-state index contributed by atoms with van der Waals surface area (Å²) in [6.45, 7) is 0. The lowest BCUT2D eigenvalue weighted by Crippen LogP contribution is -2.23. The molecule has 0 aliphatic carbocycles. The summed E-state index contributed by atoms with van der Waals surface area (Å²) in [5.74, 6) is -0.00206. The normalized spacial score (nSPS) is 11.0. The largest absolute Gasteiger partial charge is 0.507 e. The van der Waals surface area contributed by atoms with Crippen LogP contribution in [-0.4, -0.2) is 21.4 Å².